The summed E-state index contributed by atoms with van der Waals surface area (Å²) in [7, 11) is -1.81. The first-order valence-electron chi connectivity index (χ1n) is 6.46. The van der Waals surface area contributed by atoms with Gasteiger partial charge in [0.15, 0.2) is 9.84 Å². The van der Waals surface area contributed by atoms with Crippen LogP contribution in [0, 0.1) is 0 Å². The molecule has 0 aliphatic carbocycles. The van der Waals surface area contributed by atoms with Gasteiger partial charge in [0.05, 0.1) is 18.1 Å². The van der Waals surface area contributed by atoms with Crippen LogP contribution in [0.3, 0.4) is 0 Å². The van der Waals surface area contributed by atoms with Crippen molar-refractivity contribution in [2.75, 3.05) is 19.4 Å². The van der Waals surface area contributed by atoms with Crippen molar-refractivity contribution in [2.45, 2.75) is 25.1 Å². The summed E-state index contributed by atoms with van der Waals surface area (Å²) in [6, 6.07) is 8.43. The van der Waals surface area contributed by atoms with Gasteiger partial charge in [-0.25, -0.2) is 13.2 Å². The zero-order valence-corrected chi connectivity index (χ0v) is 12.8. The van der Waals surface area contributed by atoms with Gasteiger partial charge in [0.1, 0.15) is 6.04 Å². The van der Waals surface area contributed by atoms with Crippen LogP contribution in [0.25, 0.3) is 0 Å². The molecule has 6 heteroatoms. The lowest BCUT2D eigenvalue weighted by Gasteiger charge is -2.17. The highest BCUT2D eigenvalue weighted by Gasteiger charge is 2.22. The number of methoxy groups -OCH3 is 1. The van der Waals surface area contributed by atoms with Crippen molar-refractivity contribution in [2.24, 2.45) is 0 Å². The van der Waals surface area contributed by atoms with Gasteiger partial charge in [0.2, 0.25) is 0 Å². The average molecular weight is 299 g/mol. The maximum Gasteiger partial charge on any atom is 0.327 e. The van der Waals surface area contributed by atoms with Crippen LogP contribution >= 0.6 is 0 Å². The van der Waals surface area contributed by atoms with Crippen LogP contribution in [0.15, 0.2) is 30.3 Å². The summed E-state index contributed by atoms with van der Waals surface area (Å²) in [5, 5.41) is 2.53. The van der Waals surface area contributed by atoms with E-state index in [2.05, 4.69) is 5.32 Å². The monoisotopic (exact) mass is 299 g/mol. The summed E-state index contributed by atoms with van der Waals surface area (Å²) in [5.41, 5.74) is 0.751. The predicted octanol–water partition coefficient (Wildman–Crippen LogP) is 1.31. The van der Waals surface area contributed by atoms with Crippen molar-refractivity contribution < 1.29 is 17.9 Å². The fraction of sp³-hybridized carbons (Fsp3) is 0.500. The molecule has 20 heavy (non-hydrogen) atoms. The van der Waals surface area contributed by atoms with Crippen molar-refractivity contribution in [1.29, 1.82) is 0 Å². The van der Waals surface area contributed by atoms with E-state index in [0.29, 0.717) is 0 Å². The molecule has 0 aromatic heterocycles. The lowest BCUT2D eigenvalue weighted by molar-refractivity contribution is -0.143. The van der Waals surface area contributed by atoms with Crippen LogP contribution in [0.4, 0.5) is 0 Å². The van der Waals surface area contributed by atoms with Gasteiger partial charge < -0.3 is 4.74 Å². The van der Waals surface area contributed by atoms with E-state index in [4.69, 9.17) is 4.74 Å². The summed E-state index contributed by atoms with van der Waals surface area (Å²) in [4.78, 5) is 11.8. The zero-order chi connectivity index (χ0) is 15.2. The van der Waals surface area contributed by atoms with Gasteiger partial charge in [-0.2, -0.15) is 0 Å². The molecule has 0 saturated carbocycles. The molecular formula is C14H21NO4S. The quantitative estimate of drug-likeness (QED) is 0.769. The largest absolute Gasteiger partial charge is 0.468 e. The molecule has 1 rings (SSSR count). The van der Waals surface area contributed by atoms with Crippen LogP contribution < -0.4 is 5.32 Å². The predicted molar refractivity (Wildman–Crippen MR) is 78.1 cm³/mol. The minimum Gasteiger partial charge on any atom is -0.468 e. The molecule has 0 heterocycles. The molecule has 1 N–H and O–H groups in total. The van der Waals surface area contributed by atoms with Gasteiger partial charge in [-0.15, -0.1) is 0 Å². The fourth-order valence-electron chi connectivity index (χ4n) is 1.68. The standard InChI is InChI=1S/C14H21NO4S/c1-11(2)20(17,18)10-9-15-13(14(16)19-3)12-7-5-4-6-8-12/h4-8,11,13,15H,9-10H2,1-3H3. The summed E-state index contributed by atoms with van der Waals surface area (Å²) < 4.78 is 28.2. The molecule has 5 nitrogen and oxygen atoms in total. The van der Waals surface area contributed by atoms with Crippen molar-refractivity contribution >= 4 is 15.8 Å². The first-order valence-corrected chi connectivity index (χ1v) is 8.17. The molecule has 0 bridgehead atoms. The van der Waals surface area contributed by atoms with Gasteiger partial charge in [0, 0.05) is 6.54 Å². The zero-order valence-electron chi connectivity index (χ0n) is 12.0. The van der Waals surface area contributed by atoms with E-state index in [9.17, 15) is 13.2 Å². The van der Waals surface area contributed by atoms with Crippen LogP contribution in [-0.4, -0.2) is 39.0 Å². The SMILES string of the molecule is COC(=O)C(NCCS(=O)(=O)C(C)C)c1ccccc1. The molecule has 0 saturated heterocycles. The van der Waals surface area contributed by atoms with Gasteiger partial charge in [-0.3, -0.25) is 5.32 Å². The molecule has 1 unspecified atom stereocenters. The van der Waals surface area contributed by atoms with E-state index < -0.39 is 27.1 Å². The molecule has 0 spiro atoms. The van der Waals surface area contributed by atoms with Crippen LogP contribution in [0.2, 0.25) is 0 Å². The third-order valence-electron chi connectivity index (χ3n) is 3.02. The van der Waals surface area contributed by atoms with E-state index in [1.165, 1.54) is 7.11 Å². The Morgan fingerprint density at radius 2 is 1.85 bits per heavy atom. The molecule has 0 aliphatic rings. The van der Waals surface area contributed by atoms with Gasteiger partial charge in [-0.1, -0.05) is 30.3 Å². The van der Waals surface area contributed by atoms with Crippen molar-refractivity contribution in [3.63, 3.8) is 0 Å². The Bertz CT molecular complexity index is 525. The van der Waals surface area contributed by atoms with E-state index in [-0.39, 0.29) is 12.3 Å². The van der Waals surface area contributed by atoms with Crippen LogP contribution in [-0.2, 0) is 19.4 Å². The van der Waals surface area contributed by atoms with Crippen LogP contribution in [0.5, 0.6) is 0 Å². The Labute approximate surface area is 120 Å². The first-order chi connectivity index (χ1) is 9.38. The van der Waals surface area contributed by atoms with Crippen LogP contribution in [0.1, 0.15) is 25.5 Å². The van der Waals surface area contributed by atoms with Crippen molar-refractivity contribution in [3.05, 3.63) is 35.9 Å². The second-order valence-corrected chi connectivity index (χ2v) is 7.41. The van der Waals surface area contributed by atoms with E-state index >= 15 is 0 Å². The number of sulfone groups is 1. The number of carbonyl (C=O) groups is 1. The second-order valence-electron chi connectivity index (χ2n) is 4.74. The fourth-order valence-corrected chi connectivity index (χ4v) is 2.56. The van der Waals surface area contributed by atoms with Gasteiger partial charge in [-0.05, 0) is 19.4 Å². The smallest absolute Gasteiger partial charge is 0.327 e. The Balaban J connectivity index is 2.71. The summed E-state index contributed by atoms with van der Waals surface area (Å²) in [6.07, 6.45) is 0. The Kier molecular flexibility index (Phi) is 6.16. The molecule has 0 amide bonds. The third kappa shape index (κ3) is 4.61. The molecule has 0 radical (unpaired) electrons. The Morgan fingerprint density at radius 3 is 2.35 bits per heavy atom. The Hall–Kier alpha value is -1.40. The lowest BCUT2D eigenvalue weighted by Crippen LogP contribution is -2.34. The minimum absolute atomic E-state index is 0.00893. The number of esters is 1. The van der Waals surface area contributed by atoms with Gasteiger partial charge in [0.25, 0.3) is 0 Å². The summed E-state index contributed by atoms with van der Waals surface area (Å²) in [5.74, 6) is -0.441. The summed E-state index contributed by atoms with van der Waals surface area (Å²) >= 11 is 0. The highest BCUT2D eigenvalue weighted by atomic mass is 32.2. The minimum atomic E-state index is -3.12. The number of nitrogens with one attached hydrogen (secondary N) is 1. The molecule has 1 aromatic rings. The molecule has 112 valence electrons. The van der Waals surface area contributed by atoms with E-state index in [1.807, 2.05) is 18.2 Å². The molecule has 0 fully saturated rings. The lowest BCUT2D eigenvalue weighted by atomic mass is 10.1. The average Bonchev–Trinajstić information content (AvgIpc) is 2.43. The number of hydrogen-bond donors (Lipinski definition) is 1. The number of hydrogen-bond acceptors (Lipinski definition) is 5. The molecule has 1 atom stereocenters. The maximum atomic E-state index is 11.8. The highest BCUT2D eigenvalue weighted by Crippen LogP contribution is 2.14. The van der Waals surface area contributed by atoms with Gasteiger partial charge >= 0.3 is 5.97 Å². The normalized spacial score (nSPS) is 13.2. The number of rotatable bonds is 7. The van der Waals surface area contributed by atoms with Crippen molar-refractivity contribution in [1.82, 2.24) is 5.32 Å². The number of benzene rings is 1. The topological polar surface area (TPSA) is 72.5 Å². The molecular weight excluding hydrogens is 278 g/mol. The molecule has 1 aromatic carbocycles. The summed E-state index contributed by atoms with van der Waals surface area (Å²) in [6.45, 7) is 3.49. The number of ether oxygens (including phenoxy) is 1. The first kappa shape index (κ1) is 16.7. The van der Waals surface area contributed by atoms with E-state index in [0.717, 1.165) is 5.56 Å². The maximum absolute atomic E-state index is 11.8. The highest BCUT2D eigenvalue weighted by molar-refractivity contribution is 7.92. The molecule has 0 aliphatic heterocycles. The Morgan fingerprint density at radius 1 is 1.25 bits per heavy atom. The van der Waals surface area contributed by atoms with E-state index in [1.54, 1.807) is 26.0 Å². The number of carbonyl (C=O) groups excluding carboxylic acids is 1. The third-order valence-corrected chi connectivity index (χ3v) is 5.23. The van der Waals surface area contributed by atoms with Crippen molar-refractivity contribution in [3.8, 4) is 0 Å². The second kappa shape index (κ2) is 7.40.